The van der Waals surface area contributed by atoms with Crippen molar-refractivity contribution in [1.82, 2.24) is 5.32 Å². The van der Waals surface area contributed by atoms with E-state index in [4.69, 9.17) is 5.11 Å². The van der Waals surface area contributed by atoms with Gasteiger partial charge in [0, 0.05) is 18.0 Å². The van der Waals surface area contributed by atoms with E-state index in [-0.39, 0.29) is 6.42 Å². The van der Waals surface area contributed by atoms with E-state index in [0.717, 1.165) is 6.54 Å². The summed E-state index contributed by atoms with van der Waals surface area (Å²) in [6, 6.07) is 2.07. The Balaban J connectivity index is 2.20. The van der Waals surface area contributed by atoms with Crippen molar-refractivity contribution in [3.63, 3.8) is 0 Å². The van der Waals surface area contributed by atoms with Gasteiger partial charge in [-0.25, -0.2) is 0 Å². The van der Waals surface area contributed by atoms with Gasteiger partial charge in [-0.1, -0.05) is 0 Å². The quantitative estimate of drug-likeness (QED) is 0.708. The number of nitrogens with one attached hydrogen (secondary N) is 1. The number of hydrogen-bond acceptors (Lipinski definition) is 3. The van der Waals surface area contributed by atoms with Gasteiger partial charge >= 0.3 is 5.97 Å². The van der Waals surface area contributed by atoms with Gasteiger partial charge in [0.2, 0.25) is 0 Å². The van der Waals surface area contributed by atoms with Crippen LogP contribution in [0.2, 0.25) is 0 Å². The molecule has 0 bridgehead atoms. The van der Waals surface area contributed by atoms with Gasteiger partial charge in [-0.05, 0) is 23.9 Å². The van der Waals surface area contributed by atoms with E-state index < -0.39 is 5.97 Å². The maximum absolute atomic E-state index is 10.2. The summed E-state index contributed by atoms with van der Waals surface area (Å²) in [5.41, 5.74) is 1.27. The van der Waals surface area contributed by atoms with Crippen LogP contribution in [0.15, 0.2) is 11.4 Å². The minimum Gasteiger partial charge on any atom is -0.481 e. The molecule has 72 valence electrons. The highest BCUT2D eigenvalue weighted by atomic mass is 32.1. The Kier molecular flexibility index (Phi) is 3.92. The van der Waals surface area contributed by atoms with Crippen molar-refractivity contribution in [1.29, 1.82) is 0 Å². The summed E-state index contributed by atoms with van der Waals surface area (Å²) in [6.45, 7) is 3.37. The molecule has 0 unspecified atom stereocenters. The fourth-order valence-corrected chi connectivity index (χ4v) is 1.86. The Morgan fingerprint density at radius 3 is 3.00 bits per heavy atom. The first-order chi connectivity index (χ1) is 6.20. The standard InChI is InChI=1S/C9H13NO2S/c1-7-3-5-13-8(7)6-10-4-2-9(11)12/h3,5,10H,2,4,6H2,1H3,(H,11,12). The number of carboxylic acids is 1. The van der Waals surface area contributed by atoms with E-state index in [2.05, 4.69) is 18.3 Å². The van der Waals surface area contributed by atoms with Crippen LogP contribution in [0.1, 0.15) is 16.9 Å². The van der Waals surface area contributed by atoms with Crippen molar-refractivity contribution in [3.05, 3.63) is 21.9 Å². The van der Waals surface area contributed by atoms with Crippen molar-refractivity contribution >= 4 is 17.3 Å². The third-order valence-corrected chi connectivity index (χ3v) is 2.79. The SMILES string of the molecule is Cc1ccsc1CNCCC(=O)O. The Morgan fingerprint density at radius 1 is 1.69 bits per heavy atom. The first-order valence-corrected chi connectivity index (χ1v) is 5.03. The predicted molar refractivity (Wildman–Crippen MR) is 53.0 cm³/mol. The molecule has 0 fully saturated rings. The number of carbonyl (C=O) groups is 1. The lowest BCUT2D eigenvalue weighted by Crippen LogP contribution is -2.17. The molecule has 3 nitrogen and oxygen atoms in total. The van der Waals surface area contributed by atoms with Gasteiger partial charge in [-0.15, -0.1) is 11.3 Å². The van der Waals surface area contributed by atoms with Gasteiger partial charge < -0.3 is 10.4 Å². The molecule has 0 aliphatic heterocycles. The van der Waals surface area contributed by atoms with E-state index in [1.165, 1.54) is 10.4 Å². The van der Waals surface area contributed by atoms with E-state index >= 15 is 0 Å². The molecule has 2 N–H and O–H groups in total. The molecule has 0 spiro atoms. The van der Waals surface area contributed by atoms with Gasteiger partial charge in [0.05, 0.1) is 6.42 Å². The zero-order valence-corrected chi connectivity index (χ0v) is 8.36. The number of thiophene rings is 1. The second-order valence-corrected chi connectivity index (χ2v) is 3.85. The second kappa shape index (κ2) is 4.99. The van der Waals surface area contributed by atoms with Gasteiger partial charge in [0.25, 0.3) is 0 Å². The van der Waals surface area contributed by atoms with E-state index in [1.807, 2.05) is 5.38 Å². The molecule has 0 saturated carbocycles. The van der Waals surface area contributed by atoms with Crippen LogP contribution in [-0.4, -0.2) is 17.6 Å². The summed E-state index contributed by atoms with van der Waals surface area (Å²) in [4.78, 5) is 11.5. The minimum absolute atomic E-state index is 0.185. The Morgan fingerprint density at radius 2 is 2.46 bits per heavy atom. The molecule has 0 atom stereocenters. The van der Waals surface area contributed by atoms with Crippen LogP contribution >= 0.6 is 11.3 Å². The maximum atomic E-state index is 10.2. The highest BCUT2D eigenvalue weighted by molar-refractivity contribution is 7.10. The fraction of sp³-hybridized carbons (Fsp3) is 0.444. The van der Waals surface area contributed by atoms with Gasteiger partial charge in [0.15, 0.2) is 0 Å². The van der Waals surface area contributed by atoms with Crippen molar-refractivity contribution in [2.24, 2.45) is 0 Å². The molecule has 0 aliphatic carbocycles. The Bertz CT molecular complexity index is 283. The number of aryl methyl sites for hydroxylation is 1. The highest BCUT2D eigenvalue weighted by Crippen LogP contribution is 2.14. The van der Waals surface area contributed by atoms with Gasteiger partial charge in [-0.2, -0.15) is 0 Å². The highest BCUT2D eigenvalue weighted by Gasteiger charge is 1.99. The number of hydrogen-bond donors (Lipinski definition) is 2. The molecule has 4 heteroatoms. The van der Waals surface area contributed by atoms with Crippen molar-refractivity contribution in [2.45, 2.75) is 19.9 Å². The summed E-state index contributed by atoms with van der Waals surface area (Å²) >= 11 is 1.70. The van der Waals surface area contributed by atoms with Crippen LogP contribution in [0.25, 0.3) is 0 Å². The molecule has 0 aliphatic rings. The first kappa shape index (κ1) is 10.2. The molecule has 1 aromatic rings. The molecule has 1 heterocycles. The molecule has 1 rings (SSSR count). The topological polar surface area (TPSA) is 49.3 Å². The average Bonchev–Trinajstić information content (AvgIpc) is 2.45. The van der Waals surface area contributed by atoms with Crippen LogP contribution in [-0.2, 0) is 11.3 Å². The van der Waals surface area contributed by atoms with Crippen LogP contribution in [0.4, 0.5) is 0 Å². The summed E-state index contributed by atoms with van der Waals surface area (Å²) < 4.78 is 0. The Labute approximate surface area is 81.4 Å². The van der Waals surface area contributed by atoms with Crippen LogP contribution in [0, 0.1) is 6.92 Å². The minimum atomic E-state index is -0.754. The molecule has 0 amide bonds. The average molecular weight is 199 g/mol. The monoisotopic (exact) mass is 199 g/mol. The van der Waals surface area contributed by atoms with Crippen LogP contribution < -0.4 is 5.32 Å². The normalized spacial score (nSPS) is 10.2. The van der Waals surface area contributed by atoms with Crippen LogP contribution in [0.5, 0.6) is 0 Å². The second-order valence-electron chi connectivity index (χ2n) is 2.85. The molecule has 1 aromatic heterocycles. The van der Waals surface area contributed by atoms with E-state index in [1.54, 1.807) is 11.3 Å². The Hall–Kier alpha value is -0.870. The summed E-state index contributed by atoms with van der Waals surface area (Å²) in [7, 11) is 0. The molecular formula is C9H13NO2S. The van der Waals surface area contributed by atoms with Crippen molar-refractivity contribution < 1.29 is 9.90 Å². The smallest absolute Gasteiger partial charge is 0.304 e. The molecule has 0 radical (unpaired) electrons. The fourth-order valence-electron chi connectivity index (χ4n) is 0.982. The van der Waals surface area contributed by atoms with Gasteiger partial charge in [0.1, 0.15) is 0 Å². The van der Waals surface area contributed by atoms with Crippen molar-refractivity contribution in [3.8, 4) is 0 Å². The third kappa shape index (κ3) is 3.57. The third-order valence-electron chi connectivity index (χ3n) is 1.77. The summed E-state index contributed by atoms with van der Waals surface area (Å²) in [5.74, 6) is -0.754. The molecule has 0 aromatic carbocycles. The molecule has 0 saturated heterocycles. The first-order valence-electron chi connectivity index (χ1n) is 4.15. The lowest BCUT2D eigenvalue weighted by Gasteiger charge is -2.01. The number of carboxylic acid groups (broad SMARTS) is 1. The summed E-state index contributed by atoms with van der Waals surface area (Å²) in [6.07, 6.45) is 0.185. The zero-order chi connectivity index (χ0) is 9.68. The zero-order valence-electron chi connectivity index (χ0n) is 7.54. The lowest BCUT2D eigenvalue weighted by molar-refractivity contribution is -0.136. The van der Waals surface area contributed by atoms with Crippen molar-refractivity contribution in [2.75, 3.05) is 6.54 Å². The number of rotatable bonds is 5. The predicted octanol–water partition coefficient (Wildman–Crippen LogP) is 1.62. The van der Waals surface area contributed by atoms with Gasteiger partial charge in [-0.3, -0.25) is 4.79 Å². The molecule has 13 heavy (non-hydrogen) atoms. The summed E-state index contributed by atoms with van der Waals surface area (Å²) in [5, 5.41) is 13.5. The largest absolute Gasteiger partial charge is 0.481 e. The van der Waals surface area contributed by atoms with E-state index in [9.17, 15) is 4.79 Å². The maximum Gasteiger partial charge on any atom is 0.304 e. The van der Waals surface area contributed by atoms with E-state index in [0.29, 0.717) is 6.54 Å². The molecular weight excluding hydrogens is 186 g/mol. The number of aliphatic carboxylic acids is 1. The lowest BCUT2D eigenvalue weighted by atomic mass is 10.3. The van der Waals surface area contributed by atoms with Crippen LogP contribution in [0.3, 0.4) is 0 Å².